The maximum Gasteiger partial charge on any atom is 0.240 e. The second-order valence-electron chi connectivity index (χ2n) is 4.71. The second-order valence-corrected chi connectivity index (χ2v) is 6.48. The van der Waals surface area contributed by atoms with E-state index >= 15 is 0 Å². The highest BCUT2D eigenvalue weighted by atomic mass is 32.2. The van der Waals surface area contributed by atoms with E-state index in [0.717, 1.165) is 16.9 Å². The molecule has 0 amide bonds. The van der Waals surface area contributed by atoms with Gasteiger partial charge in [-0.3, -0.25) is 0 Å². The summed E-state index contributed by atoms with van der Waals surface area (Å²) < 4.78 is 32.2. The Hall–Kier alpha value is -1.85. The summed E-state index contributed by atoms with van der Waals surface area (Å²) >= 11 is 0. The minimum atomic E-state index is -3.48. The van der Waals surface area contributed by atoms with E-state index in [1.54, 1.807) is 24.3 Å². The first-order valence-corrected chi connectivity index (χ1v) is 8.27. The van der Waals surface area contributed by atoms with Gasteiger partial charge in [0.15, 0.2) is 0 Å². The molecular weight excluding hydrogens is 286 g/mol. The van der Waals surface area contributed by atoms with Crippen molar-refractivity contribution in [3.8, 4) is 5.75 Å². The van der Waals surface area contributed by atoms with Crippen LogP contribution in [-0.4, -0.2) is 15.0 Å². The van der Waals surface area contributed by atoms with E-state index in [1.807, 2.05) is 38.1 Å². The molecule has 2 aromatic carbocycles. The van der Waals surface area contributed by atoms with E-state index in [4.69, 9.17) is 4.74 Å². The normalized spacial score (nSPS) is 11.3. The topological polar surface area (TPSA) is 55.4 Å². The molecule has 112 valence electrons. The van der Waals surface area contributed by atoms with Gasteiger partial charge in [-0.2, -0.15) is 0 Å². The van der Waals surface area contributed by atoms with Gasteiger partial charge >= 0.3 is 0 Å². The molecule has 0 atom stereocenters. The van der Waals surface area contributed by atoms with Gasteiger partial charge in [-0.25, -0.2) is 13.1 Å². The molecule has 0 heterocycles. The Morgan fingerprint density at radius 2 is 1.62 bits per heavy atom. The smallest absolute Gasteiger partial charge is 0.240 e. The van der Waals surface area contributed by atoms with Crippen molar-refractivity contribution in [3.63, 3.8) is 0 Å². The van der Waals surface area contributed by atoms with E-state index in [0.29, 0.717) is 6.61 Å². The Morgan fingerprint density at radius 1 is 1.00 bits per heavy atom. The highest BCUT2D eigenvalue weighted by molar-refractivity contribution is 7.89. The van der Waals surface area contributed by atoms with Crippen LogP contribution >= 0.6 is 0 Å². The zero-order valence-electron chi connectivity index (χ0n) is 12.2. The number of ether oxygens (including phenoxy) is 1. The van der Waals surface area contributed by atoms with Crippen molar-refractivity contribution in [2.75, 3.05) is 6.61 Å². The highest BCUT2D eigenvalue weighted by Crippen LogP contribution is 2.14. The number of nitrogens with one attached hydrogen (secondary N) is 1. The lowest BCUT2D eigenvalue weighted by molar-refractivity contribution is 0.340. The second kappa shape index (κ2) is 6.74. The van der Waals surface area contributed by atoms with Crippen molar-refractivity contribution < 1.29 is 13.2 Å². The quantitative estimate of drug-likeness (QED) is 0.893. The van der Waals surface area contributed by atoms with E-state index in [9.17, 15) is 8.42 Å². The molecule has 5 heteroatoms. The molecule has 0 bridgehead atoms. The summed E-state index contributed by atoms with van der Waals surface area (Å²) in [4.78, 5) is 0.277. The van der Waals surface area contributed by atoms with Gasteiger partial charge in [-0.15, -0.1) is 0 Å². The molecule has 0 aromatic heterocycles. The summed E-state index contributed by atoms with van der Waals surface area (Å²) in [6.07, 6.45) is 0. The Balaban J connectivity index is 2.02. The lowest BCUT2D eigenvalue weighted by atomic mass is 10.2. The zero-order valence-corrected chi connectivity index (χ0v) is 13.0. The molecule has 0 unspecified atom stereocenters. The van der Waals surface area contributed by atoms with Crippen molar-refractivity contribution in [1.29, 1.82) is 0 Å². The number of hydrogen-bond donors (Lipinski definition) is 1. The van der Waals surface area contributed by atoms with Crippen LogP contribution in [0.25, 0.3) is 0 Å². The third kappa shape index (κ3) is 4.31. The average molecular weight is 305 g/mol. The predicted octanol–water partition coefficient (Wildman–Crippen LogP) is 2.87. The Bertz CT molecular complexity index is 676. The molecule has 0 aliphatic heterocycles. The lowest BCUT2D eigenvalue weighted by Crippen LogP contribution is -2.23. The van der Waals surface area contributed by atoms with Crippen molar-refractivity contribution in [2.24, 2.45) is 0 Å². The zero-order chi connectivity index (χ0) is 15.3. The number of sulfonamides is 1. The minimum Gasteiger partial charge on any atom is -0.494 e. The van der Waals surface area contributed by atoms with Crippen molar-refractivity contribution in [1.82, 2.24) is 4.72 Å². The molecule has 1 N–H and O–H groups in total. The molecule has 4 nitrogen and oxygen atoms in total. The number of benzene rings is 2. The van der Waals surface area contributed by atoms with E-state index < -0.39 is 10.0 Å². The summed E-state index contributed by atoms with van der Waals surface area (Å²) in [7, 11) is -3.48. The molecule has 0 radical (unpaired) electrons. The maximum absolute atomic E-state index is 12.2. The molecule has 0 fully saturated rings. The van der Waals surface area contributed by atoms with E-state index in [1.165, 1.54) is 0 Å². The molecule has 0 spiro atoms. The first kappa shape index (κ1) is 15.5. The monoisotopic (exact) mass is 305 g/mol. The van der Waals surface area contributed by atoms with Gasteiger partial charge < -0.3 is 4.74 Å². The van der Waals surface area contributed by atoms with Crippen LogP contribution in [0.3, 0.4) is 0 Å². The van der Waals surface area contributed by atoms with Crippen LogP contribution in [0.2, 0.25) is 0 Å². The van der Waals surface area contributed by atoms with Gasteiger partial charge in [0.2, 0.25) is 10.0 Å². The minimum absolute atomic E-state index is 0.253. The fourth-order valence-corrected chi connectivity index (χ4v) is 2.87. The molecular formula is C16H19NO3S. The Morgan fingerprint density at radius 3 is 2.19 bits per heavy atom. The fraction of sp³-hybridized carbons (Fsp3) is 0.250. The molecule has 2 aromatic rings. The third-order valence-corrected chi connectivity index (χ3v) is 4.45. The van der Waals surface area contributed by atoms with Crippen LogP contribution in [0.15, 0.2) is 53.4 Å². The van der Waals surface area contributed by atoms with Crippen LogP contribution in [0.4, 0.5) is 0 Å². The number of hydrogen-bond acceptors (Lipinski definition) is 3. The standard InChI is InChI=1S/C16H19NO3S/c1-3-20-15-8-6-14(7-9-15)12-17-21(18,19)16-10-4-13(2)5-11-16/h4-11,17H,3,12H2,1-2H3. The molecule has 0 saturated carbocycles. The SMILES string of the molecule is CCOc1ccc(CNS(=O)(=O)c2ccc(C)cc2)cc1. The largest absolute Gasteiger partial charge is 0.494 e. The van der Waals surface area contributed by atoms with E-state index in [2.05, 4.69) is 4.72 Å². The van der Waals surface area contributed by atoms with Crippen LogP contribution < -0.4 is 9.46 Å². The van der Waals surface area contributed by atoms with Gasteiger partial charge in [0.25, 0.3) is 0 Å². The van der Waals surface area contributed by atoms with Crippen LogP contribution in [0.5, 0.6) is 5.75 Å². The van der Waals surface area contributed by atoms with Gasteiger partial charge in [-0.1, -0.05) is 29.8 Å². The molecule has 0 aliphatic rings. The molecule has 2 rings (SSSR count). The van der Waals surface area contributed by atoms with Crippen molar-refractivity contribution >= 4 is 10.0 Å². The van der Waals surface area contributed by atoms with Crippen LogP contribution in [-0.2, 0) is 16.6 Å². The summed E-state index contributed by atoms with van der Waals surface area (Å²) in [5.41, 5.74) is 1.91. The van der Waals surface area contributed by atoms with Crippen molar-refractivity contribution in [3.05, 3.63) is 59.7 Å². The summed E-state index contributed by atoms with van der Waals surface area (Å²) in [6.45, 7) is 4.70. The lowest BCUT2D eigenvalue weighted by Gasteiger charge is -2.08. The summed E-state index contributed by atoms with van der Waals surface area (Å²) in [6, 6.07) is 14.1. The Kier molecular flexibility index (Phi) is 4.98. The molecule has 0 aliphatic carbocycles. The van der Waals surface area contributed by atoms with E-state index in [-0.39, 0.29) is 11.4 Å². The fourth-order valence-electron chi connectivity index (χ4n) is 1.85. The van der Waals surface area contributed by atoms with Crippen LogP contribution in [0.1, 0.15) is 18.1 Å². The Labute approximate surface area is 125 Å². The van der Waals surface area contributed by atoms with Gasteiger partial charge in [-0.05, 0) is 43.7 Å². The summed E-state index contributed by atoms with van der Waals surface area (Å²) in [5.74, 6) is 0.780. The maximum atomic E-state index is 12.2. The third-order valence-electron chi connectivity index (χ3n) is 3.03. The molecule has 0 saturated heterocycles. The first-order chi connectivity index (χ1) is 10.0. The van der Waals surface area contributed by atoms with Crippen molar-refractivity contribution in [2.45, 2.75) is 25.3 Å². The molecule has 21 heavy (non-hydrogen) atoms. The van der Waals surface area contributed by atoms with Gasteiger partial charge in [0.05, 0.1) is 11.5 Å². The highest BCUT2D eigenvalue weighted by Gasteiger charge is 2.12. The number of aryl methyl sites for hydroxylation is 1. The summed E-state index contributed by atoms with van der Waals surface area (Å²) in [5, 5.41) is 0. The van der Waals surface area contributed by atoms with Gasteiger partial charge in [0.1, 0.15) is 5.75 Å². The average Bonchev–Trinajstić information content (AvgIpc) is 2.47. The first-order valence-electron chi connectivity index (χ1n) is 6.79. The van der Waals surface area contributed by atoms with Crippen LogP contribution in [0, 0.1) is 6.92 Å². The predicted molar refractivity (Wildman–Crippen MR) is 82.8 cm³/mol. The van der Waals surface area contributed by atoms with Gasteiger partial charge in [0, 0.05) is 6.54 Å². The number of rotatable bonds is 6.